The standard InChI is InChI=1S/C16H23N3O2S.ClH/c1-19(14-8-12-2-3-13(9-14)18-12)15(20)4-6-17-16(21)11-5-7-22-10-11;/h5,7,10,12-14,18H,2-4,6,8-9H2,1H3,(H,17,21);1H. The summed E-state index contributed by atoms with van der Waals surface area (Å²) in [5.74, 6) is 0.0218. The van der Waals surface area contributed by atoms with Gasteiger partial charge in [0.15, 0.2) is 0 Å². The fourth-order valence-electron chi connectivity index (χ4n) is 3.50. The van der Waals surface area contributed by atoms with E-state index in [0.717, 1.165) is 12.8 Å². The van der Waals surface area contributed by atoms with Crippen molar-refractivity contribution in [1.29, 1.82) is 0 Å². The summed E-state index contributed by atoms with van der Waals surface area (Å²) in [6.07, 6.45) is 4.95. The van der Waals surface area contributed by atoms with E-state index in [2.05, 4.69) is 10.6 Å². The van der Waals surface area contributed by atoms with E-state index in [1.807, 2.05) is 22.7 Å². The number of carbonyl (C=O) groups is 2. The first kappa shape index (κ1) is 18.2. The minimum atomic E-state index is -0.100. The van der Waals surface area contributed by atoms with E-state index in [9.17, 15) is 9.59 Å². The summed E-state index contributed by atoms with van der Waals surface area (Å²) in [6.45, 7) is 0.398. The van der Waals surface area contributed by atoms with Crippen molar-refractivity contribution in [1.82, 2.24) is 15.5 Å². The first-order valence-electron chi connectivity index (χ1n) is 7.95. The number of fused-ring (bicyclic) bond motifs is 2. The summed E-state index contributed by atoms with van der Waals surface area (Å²) in [4.78, 5) is 26.0. The normalized spacial score (nSPS) is 25.5. The summed E-state index contributed by atoms with van der Waals surface area (Å²) in [6, 6.07) is 3.30. The van der Waals surface area contributed by atoms with Crippen LogP contribution in [0.5, 0.6) is 0 Å². The monoisotopic (exact) mass is 357 g/mol. The predicted molar refractivity (Wildman–Crippen MR) is 94.3 cm³/mol. The number of halogens is 1. The zero-order chi connectivity index (χ0) is 15.5. The van der Waals surface area contributed by atoms with Crippen LogP contribution in [0, 0.1) is 0 Å². The van der Waals surface area contributed by atoms with Crippen molar-refractivity contribution in [3.8, 4) is 0 Å². The van der Waals surface area contributed by atoms with E-state index in [1.165, 1.54) is 24.2 Å². The van der Waals surface area contributed by atoms with Crippen molar-refractivity contribution in [2.45, 2.75) is 50.2 Å². The van der Waals surface area contributed by atoms with Gasteiger partial charge in [-0.1, -0.05) is 0 Å². The van der Waals surface area contributed by atoms with Crippen molar-refractivity contribution in [2.75, 3.05) is 13.6 Å². The number of hydrogen-bond donors (Lipinski definition) is 2. The lowest BCUT2D eigenvalue weighted by atomic mass is 9.98. The molecule has 3 rings (SSSR count). The van der Waals surface area contributed by atoms with Crippen LogP contribution >= 0.6 is 23.7 Å². The van der Waals surface area contributed by atoms with Gasteiger partial charge in [0.25, 0.3) is 5.91 Å². The Hall–Kier alpha value is -1.11. The lowest BCUT2D eigenvalue weighted by molar-refractivity contribution is -0.132. The average Bonchev–Trinajstić information content (AvgIpc) is 3.16. The lowest BCUT2D eigenvalue weighted by Crippen LogP contribution is -2.49. The first-order chi connectivity index (χ1) is 10.6. The Bertz CT molecular complexity index is 525. The van der Waals surface area contributed by atoms with Gasteiger partial charge in [0.2, 0.25) is 5.91 Å². The Morgan fingerprint density at radius 2 is 2.04 bits per heavy atom. The zero-order valence-corrected chi connectivity index (χ0v) is 14.9. The van der Waals surface area contributed by atoms with Gasteiger partial charge < -0.3 is 15.5 Å². The molecule has 2 saturated heterocycles. The Morgan fingerprint density at radius 3 is 2.65 bits per heavy atom. The molecule has 2 fully saturated rings. The number of nitrogens with zero attached hydrogens (tertiary/aromatic N) is 1. The lowest BCUT2D eigenvalue weighted by Gasteiger charge is -2.35. The third-order valence-corrected chi connectivity index (χ3v) is 5.48. The topological polar surface area (TPSA) is 61.4 Å². The van der Waals surface area contributed by atoms with Crippen LogP contribution in [0.15, 0.2) is 16.8 Å². The van der Waals surface area contributed by atoms with Gasteiger partial charge in [0, 0.05) is 49.1 Å². The Morgan fingerprint density at radius 1 is 1.35 bits per heavy atom. The highest BCUT2D eigenvalue weighted by atomic mass is 35.5. The van der Waals surface area contributed by atoms with E-state index >= 15 is 0 Å². The molecule has 2 aliphatic rings. The summed E-state index contributed by atoms with van der Waals surface area (Å²) in [5.41, 5.74) is 0.667. The molecule has 2 amide bonds. The molecule has 0 saturated carbocycles. The molecule has 3 heterocycles. The molecular weight excluding hydrogens is 334 g/mol. The highest BCUT2D eigenvalue weighted by Crippen LogP contribution is 2.29. The minimum absolute atomic E-state index is 0. The number of piperidine rings is 1. The molecule has 0 aromatic carbocycles. The smallest absolute Gasteiger partial charge is 0.252 e. The van der Waals surface area contributed by atoms with Gasteiger partial charge in [-0.3, -0.25) is 9.59 Å². The molecule has 0 radical (unpaired) electrons. The molecule has 2 atom stereocenters. The predicted octanol–water partition coefficient (Wildman–Crippen LogP) is 2.03. The molecule has 0 aliphatic carbocycles. The fourth-order valence-corrected chi connectivity index (χ4v) is 4.14. The van der Waals surface area contributed by atoms with Gasteiger partial charge in [0.05, 0.1) is 0 Å². The van der Waals surface area contributed by atoms with Crippen LogP contribution in [0.2, 0.25) is 0 Å². The van der Waals surface area contributed by atoms with E-state index in [4.69, 9.17) is 0 Å². The second-order valence-corrected chi connectivity index (χ2v) is 7.07. The summed E-state index contributed by atoms with van der Waals surface area (Å²) in [7, 11) is 1.90. The number of hydrogen-bond acceptors (Lipinski definition) is 4. The van der Waals surface area contributed by atoms with Crippen molar-refractivity contribution in [2.24, 2.45) is 0 Å². The van der Waals surface area contributed by atoms with E-state index in [0.29, 0.717) is 36.7 Å². The summed E-state index contributed by atoms with van der Waals surface area (Å²) < 4.78 is 0. The third kappa shape index (κ3) is 4.46. The van der Waals surface area contributed by atoms with Crippen LogP contribution in [0.4, 0.5) is 0 Å². The van der Waals surface area contributed by atoms with Crippen LogP contribution in [-0.4, -0.2) is 48.4 Å². The molecule has 5 nitrogen and oxygen atoms in total. The number of carbonyl (C=O) groups excluding carboxylic acids is 2. The van der Waals surface area contributed by atoms with Crippen LogP contribution in [0.3, 0.4) is 0 Å². The molecule has 128 valence electrons. The van der Waals surface area contributed by atoms with Crippen molar-refractivity contribution in [3.63, 3.8) is 0 Å². The van der Waals surface area contributed by atoms with E-state index < -0.39 is 0 Å². The maximum absolute atomic E-state index is 12.3. The van der Waals surface area contributed by atoms with Crippen LogP contribution < -0.4 is 10.6 Å². The molecular formula is C16H24ClN3O2S. The van der Waals surface area contributed by atoms with Gasteiger partial charge in [-0.05, 0) is 37.1 Å². The van der Waals surface area contributed by atoms with Crippen LogP contribution in [0.1, 0.15) is 42.5 Å². The van der Waals surface area contributed by atoms with Gasteiger partial charge >= 0.3 is 0 Å². The van der Waals surface area contributed by atoms with Gasteiger partial charge in [-0.25, -0.2) is 0 Å². The highest BCUT2D eigenvalue weighted by Gasteiger charge is 2.36. The van der Waals surface area contributed by atoms with Crippen molar-refractivity contribution in [3.05, 3.63) is 22.4 Å². The number of amides is 2. The molecule has 1 aromatic rings. The zero-order valence-electron chi connectivity index (χ0n) is 13.3. The molecule has 2 aliphatic heterocycles. The van der Waals surface area contributed by atoms with Crippen molar-refractivity contribution < 1.29 is 9.59 Å². The SMILES string of the molecule is CN(C(=O)CCNC(=O)c1ccsc1)C1CC2CCC(C1)N2.Cl. The molecule has 1 aromatic heterocycles. The van der Waals surface area contributed by atoms with Crippen LogP contribution in [-0.2, 0) is 4.79 Å². The molecule has 0 spiro atoms. The largest absolute Gasteiger partial charge is 0.351 e. The molecule has 2 unspecified atom stereocenters. The van der Waals surface area contributed by atoms with E-state index in [-0.39, 0.29) is 24.2 Å². The highest BCUT2D eigenvalue weighted by molar-refractivity contribution is 7.08. The molecule has 23 heavy (non-hydrogen) atoms. The minimum Gasteiger partial charge on any atom is -0.351 e. The Labute approximate surface area is 147 Å². The molecule has 2 N–H and O–H groups in total. The first-order valence-corrected chi connectivity index (χ1v) is 8.90. The Balaban J connectivity index is 0.00000192. The van der Waals surface area contributed by atoms with Crippen LogP contribution in [0.25, 0.3) is 0 Å². The average molecular weight is 358 g/mol. The van der Waals surface area contributed by atoms with Gasteiger partial charge in [-0.15, -0.1) is 12.4 Å². The maximum Gasteiger partial charge on any atom is 0.252 e. The molecule has 2 bridgehead atoms. The number of rotatable bonds is 5. The second kappa shape index (κ2) is 8.13. The molecule has 7 heteroatoms. The third-order valence-electron chi connectivity index (χ3n) is 4.80. The van der Waals surface area contributed by atoms with Gasteiger partial charge in [0.1, 0.15) is 0 Å². The number of nitrogens with one attached hydrogen (secondary N) is 2. The summed E-state index contributed by atoms with van der Waals surface area (Å²) in [5, 5.41) is 10.1. The Kier molecular flexibility index (Phi) is 6.44. The van der Waals surface area contributed by atoms with E-state index in [1.54, 1.807) is 6.07 Å². The quantitative estimate of drug-likeness (QED) is 0.847. The number of thiophene rings is 1. The second-order valence-electron chi connectivity index (χ2n) is 6.29. The van der Waals surface area contributed by atoms with Gasteiger partial charge in [-0.2, -0.15) is 11.3 Å². The fraction of sp³-hybridized carbons (Fsp3) is 0.625. The maximum atomic E-state index is 12.3. The summed E-state index contributed by atoms with van der Waals surface area (Å²) >= 11 is 1.50. The van der Waals surface area contributed by atoms with Crippen molar-refractivity contribution >= 4 is 35.6 Å².